The van der Waals surface area contributed by atoms with E-state index in [1.165, 1.54) is 36.9 Å². The molecule has 88 valence electrons. The molecule has 1 aliphatic carbocycles. The first-order chi connectivity index (χ1) is 7.77. The topological polar surface area (TPSA) is 28.2 Å². The Morgan fingerprint density at radius 2 is 2.12 bits per heavy atom. The fourth-order valence-corrected chi connectivity index (χ4v) is 2.38. The minimum atomic E-state index is 0.718. The lowest BCUT2D eigenvalue weighted by Crippen LogP contribution is -2.26. The van der Waals surface area contributed by atoms with Crippen LogP contribution in [0.1, 0.15) is 31.2 Å². The number of hydrogen-bond acceptors (Lipinski definition) is 3. The molecule has 0 spiro atoms. The fraction of sp³-hybridized carbons (Fsp3) is 0.615. The maximum Gasteiger partial charge on any atom is 0.0437 e. The van der Waals surface area contributed by atoms with Crippen molar-refractivity contribution in [1.82, 2.24) is 10.3 Å². The zero-order valence-electron chi connectivity index (χ0n) is 10.2. The summed E-state index contributed by atoms with van der Waals surface area (Å²) in [5.41, 5.74) is 2.56. The van der Waals surface area contributed by atoms with E-state index in [0.29, 0.717) is 0 Å². The van der Waals surface area contributed by atoms with E-state index in [2.05, 4.69) is 35.4 Å². The van der Waals surface area contributed by atoms with Crippen LogP contribution in [0.5, 0.6) is 0 Å². The van der Waals surface area contributed by atoms with Crippen molar-refractivity contribution in [3.05, 3.63) is 24.0 Å². The van der Waals surface area contributed by atoms with E-state index >= 15 is 0 Å². The van der Waals surface area contributed by atoms with Crippen LogP contribution in [0.25, 0.3) is 0 Å². The molecule has 1 aromatic rings. The van der Waals surface area contributed by atoms with E-state index in [1.807, 2.05) is 12.4 Å². The highest BCUT2D eigenvalue weighted by Gasteiger charge is 2.14. The number of pyridine rings is 1. The number of hydrogen-bond donors (Lipinski definition) is 1. The highest BCUT2D eigenvalue weighted by molar-refractivity contribution is 5.50. The van der Waals surface area contributed by atoms with Gasteiger partial charge in [-0.3, -0.25) is 4.98 Å². The Hall–Kier alpha value is -1.09. The van der Waals surface area contributed by atoms with Crippen molar-refractivity contribution >= 4 is 5.69 Å². The molecule has 0 atom stereocenters. The van der Waals surface area contributed by atoms with Crippen LogP contribution in [-0.4, -0.2) is 25.1 Å². The summed E-state index contributed by atoms with van der Waals surface area (Å²) in [5, 5.41) is 3.63. The molecule has 0 unspecified atom stereocenters. The van der Waals surface area contributed by atoms with E-state index in [1.54, 1.807) is 0 Å². The van der Waals surface area contributed by atoms with Gasteiger partial charge in [-0.1, -0.05) is 12.8 Å². The molecule has 1 aromatic heterocycles. The van der Waals surface area contributed by atoms with Gasteiger partial charge in [-0.25, -0.2) is 0 Å². The molecule has 0 radical (unpaired) electrons. The summed E-state index contributed by atoms with van der Waals surface area (Å²) in [5.74, 6) is 0. The summed E-state index contributed by atoms with van der Waals surface area (Å²) in [4.78, 5) is 6.35. The van der Waals surface area contributed by atoms with E-state index in [-0.39, 0.29) is 0 Å². The van der Waals surface area contributed by atoms with Gasteiger partial charge in [0.05, 0.1) is 0 Å². The SMILES string of the molecule is CN(C)c1ccncc1CNC1CCCC1. The van der Waals surface area contributed by atoms with Crippen molar-refractivity contribution in [2.24, 2.45) is 0 Å². The fourth-order valence-electron chi connectivity index (χ4n) is 2.38. The van der Waals surface area contributed by atoms with Crippen LogP contribution in [-0.2, 0) is 6.54 Å². The lowest BCUT2D eigenvalue weighted by molar-refractivity contribution is 0.524. The number of nitrogens with zero attached hydrogens (tertiary/aromatic N) is 2. The van der Waals surface area contributed by atoms with Crippen molar-refractivity contribution < 1.29 is 0 Å². The highest BCUT2D eigenvalue weighted by atomic mass is 15.1. The van der Waals surface area contributed by atoms with Crippen LogP contribution in [0.3, 0.4) is 0 Å². The molecule has 0 aromatic carbocycles. The highest BCUT2D eigenvalue weighted by Crippen LogP contribution is 2.20. The second-order valence-corrected chi connectivity index (χ2v) is 4.76. The molecule has 3 nitrogen and oxygen atoms in total. The lowest BCUT2D eigenvalue weighted by Gasteiger charge is -2.18. The largest absolute Gasteiger partial charge is 0.377 e. The smallest absolute Gasteiger partial charge is 0.0437 e. The minimum Gasteiger partial charge on any atom is -0.377 e. The molecular weight excluding hydrogens is 198 g/mol. The maximum absolute atomic E-state index is 4.21. The van der Waals surface area contributed by atoms with Gasteiger partial charge in [-0.15, -0.1) is 0 Å². The van der Waals surface area contributed by atoms with E-state index in [9.17, 15) is 0 Å². The first-order valence-corrected chi connectivity index (χ1v) is 6.11. The van der Waals surface area contributed by atoms with E-state index < -0.39 is 0 Å². The zero-order chi connectivity index (χ0) is 11.4. The molecule has 1 heterocycles. The molecule has 0 saturated heterocycles. The van der Waals surface area contributed by atoms with Gasteiger partial charge >= 0.3 is 0 Å². The Bertz CT molecular complexity index is 330. The number of rotatable bonds is 4. The second-order valence-electron chi connectivity index (χ2n) is 4.76. The molecule has 16 heavy (non-hydrogen) atoms. The van der Waals surface area contributed by atoms with Crippen molar-refractivity contribution in [3.8, 4) is 0 Å². The predicted octanol–water partition coefficient (Wildman–Crippen LogP) is 2.18. The molecule has 1 fully saturated rings. The van der Waals surface area contributed by atoms with E-state index in [4.69, 9.17) is 0 Å². The Kier molecular flexibility index (Phi) is 3.78. The van der Waals surface area contributed by atoms with Gasteiger partial charge in [0.1, 0.15) is 0 Å². The van der Waals surface area contributed by atoms with Crippen LogP contribution in [0.4, 0.5) is 5.69 Å². The number of aromatic nitrogens is 1. The van der Waals surface area contributed by atoms with Gasteiger partial charge in [-0.2, -0.15) is 0 Å². The molecule has 2 rings (SSSR count). The number of anilines is 1. The Balaban J connectivity index is 1.97. The van der Waals surface area contributed by atoms with Crippen LogP contribution in [0.2, 0.25) is 0 Å². The molecule has 0 bridgehead atoms. The standard InChI is InChI=1S/C13H21N3/c1-16(2)13-7-8-14-9-11(13)10-15-12-5-3-4-6-12/h7-9,12,15H,3-6,10H2,1-2H3. The van der Waals surface area contributed by atoms with Gasteiger partial charge in [0, 0.05) is 50.3 Å². The molecule has 0 aliphatic heterocycles. The molecular formula is C13H21N3. The first-order valence-electron chi connectivity index (χ1n) is 6.11. The third-order valence-electron chi connectivity index (χ3n) is 3.30. The van der Waals surface area contributed by atoms with Gasteiger partial charge in [0.25, 0.3) is 0 Å². The van der Waals surface area contributed by atoms with Gasteiger partial charge < -0.3 is 10.2 Å². The Morgan fingerprint density at radius 3 is 2.81 bits per heavy atom. The summed E-state index contributed by atoms with van der Waals surface area (Å²) in [6.45, 7) is 0.937. The Labute approximate surface area is 97.9 Å². The van der Waals surface area contributed by atoms with Crippen LogP contribution < -0.4 is 10.2 Å². The lowest BCUT2D eigenvalue weighted by atomic mass is 10.2. The average Bonchev–Trinajstić information content (AvgIpc) is 2.79. The van der Waals surface area contributed by atoms with Crippen molar-refractivity contribution in [2.75, 3.05) is 19.0 Å². The van der Waals surface area contributed by atoms with Gasteiger partial charge in [0.15, 0.2) is 0 Å². The molecule has 0 amide bonds. The molecule has 1 N–H and O–H groups in total. The normalized spacial score (nSPS) is 16.6. The van der Waals surface area contributed by atoms with Crippen LogP contribution in [0, 0.1) is 0 Å². The average molecular weight is 219 g/mol. The molecule has 1 saturated carbocycles. The van der Waals surface area contributed by atoms with Crippen LogP contribution >= 0.6 is 0 Å². The molecule has 1 aliphatic rings. The second kappa shape index (κ2) is 5.30. The third-order valence-corrected chi connectivity index (χ3v) is 3.30. The summed E-state index contributed by atoms with van der Waals surface area (Å²) in [6.07, 6.45) is 9.25. The van der Waals surface area contributed by atoms with Crippen molar-refractivity contribution in [1.29, 1.82) is 0 Å². The predicted molar refractivity (Wildman–Crippen MR) is 67.7 cm³/mol. The third kappa shape index (κ3) is 2.73. The summed E-state index contributed by atoms with van der Waals surface area (Å²) < 4.78 is 0. The quantitative estimate of drug-likeness (QED) is 0.841. The number of nitrogens with one attached hydrogen (secondary N) is 1. The monoisotopic (exact) mass is 219 g/mol. The van der Waals surface area contributed by atoms with Crippen molar-refractivity contribution in [3.63, 3.8) is 0 Å². The first kappa shape index (κ1) is 11.4. The van der Waals surface area contributed by atoms with Gasteiger partial charge in [0.2, 0.25) is 0 Å². The maximum atomic E-state index is 4.21. The van der Waals surface area contributed by atoms with E-state index in [0.717, 1.165) is 12.6 Å². The van der Waals surface area contributed by atoms with Gasteiger partial charge in [-0.05, 0) is 18.9 Å². The Morgan fingerprint density at radius 1 is 1.38 bits per heavy atom. The minimum absolute atomic E-state index is 0.718. The molecule has 3 heteroatoms. The summed E-state index contributed by atoms with van der Waals surface area (Å²) >= 11 is 0. The summed E-state index contributed by atoms with van der Waals surface area (Å²) in [6, 6.07) is 2.79. The van der Waals surface area contributed by atoms with Crippen molar-refractivity contribution in [2.45, 2.75) is 38.3 Å². The zero-order valence-corrected chi connectivity index (χ0v) is 10.2. The summed E-state index contributed by atoms with van der Waals surface area (Å²) in [7, 11) is 4.16. The van der Waals surface area contributed by atoms with Crippen LogP contribution in [0.15, 0.2) is 18.5 Å².